The molecule has 0 unspecified atom stereocenters. The van der Waals surface area contributed by atoms with Gasteiger partial charge in [-0.2, -0.15) is 0 Å². The van der Waals surface area contributed by atoms with Crippen molar-refractivity contribution in [1.82, 2.24) is 4.90 Å². The third-order valence-corrected chi connectivity index (χ3v) is 2.84. The van der Waals surface area contributed by atoms with E-state index >= 15 is 0 Å². The lowest BCUT2D eigenvalue weighted by Gasteiger charge is -2.31. The molecule has 0 fully saturated rings. The first-order valence-electron chi connectivity index (χ1n) is 5.96. The van der Waals surface area contributed by atoms with Gasteiger partial charge in [-0.25, -0.2) is 4.79 Å². The first kappa shape index (κ1) is 13.2. The molecular weight excluding hydrogens is 202 g/mol. The molecule has 0 amide bonds. The van der Waals surface area contributed by atoms with E-state index in [1.54, 1.807) is 0 Å². The highest BCUT2D eigenvalue weighted by Gasteiger charge is 2.26. The maximum atomic E-state index is 11.9. The fourth-order valence-corrected chi connectivity index (χ4v) is 1.86. The number of carbonyl (C=O) groups is 1. The van der Waals surface area contributed by atoms with Crippen LogP contribution in [0.15, 0.2) is 11.6 Å². The van der Waals surface area contributed by atoms with Gasteiger partial charge in [0.2, 0.25) is 0 Å². The minimum Gasteiger partial charge on any atom is -0.457 e. The summed E-state index contributed by atoms with van der Waals surface area (Å²) in [4.78, 5) is 14.1. The highest BCUT2D eigenvalue weighted by atomic mass is 16.6. The second kappa shape index (κ2) is 5.00. The fraction of sp³-hybridized carbons (Fsp3) is 0.769. The topological polar surface area (TPSA) is 29.5 Å². The van der Waals surface area contributed by atoms with Gasteiger partial charge in [-0.1, -0.05) is 13.0 Å². The maximum absolute atomic E-state index is 11.9. The highest BCUT2D eigenvalue weighted by molar-refractivity contribution is 5.89. The van der Waals surface area contributed by atoms with Crippen molar-refractivity contribution in [3.8, 4) is 0 Å². The van der Waals surface area contributed by atoms with E-state index in [1.165, 1.54) is 0 Å². The van der Waals surface area contributed by atoms with Crippen LogP contribution >= 0.6 is 0 Å². The highest BCUT2D eigenvalue weighted by Crippen LogP contribution is 2.21. The first-order chi connectivity index (χ1) is 7.33. The lowest BCUT2D eigenvalue weighted by atomic mass is 9.98. The van der Waals surface area contributed by atoms with Crippen molar-refractivity contribution in [1.29, 1.82) is 0 Å². The number of likely N-dealkylation sites (N-methyl/N-ethyl adjacent to an activating group) is 1. The molecule has 0 aromatic carbocycles. The van der Waals surface area contributed by atoms with Crippen LogP contribution in [0.5, 0.6) is 0 Å². The fourth-order valence-electron chi connectivity index (χ4n) is 1.86. The summed E-state index contributed by atoms with van der Waals surface area (Å²) in [5.74, 6) is -0.154. The maximum Gasteiger partial charge on any atom is 0.334 e. The van der Waals surface area contributed by atoms with E-state index in [0.29, 0.717) is 6.04 Å². The van der Waals surface area contributed by atoms with Crippen LogP contribution in [0.2, 0.25) is 0 Å². The second-order valence-corrected chi connectivity index (χ2v) is 5.44. The molecular formula is C13H23NO2. The predicted molar refractivity (Wildman–Crippen MR) is 65.3 cm³/mol. The van der Waals surface area contributed by atoms with Gasteiger partial charge in [0.25, 0.3) is 0 Å². The molecule has 0 saturated carbocycles. The summed E-state index contributed by atoms with van der Waals surface area (Å²) in [6.45, 7) is 8.69. The smallest absolute Gasteiger partial charge is 0.334 e. The quantitative estimate of drug-likeness (QED) is 0.676. The average Bonchev–Trinajstić information content (AvgIpc) is 2.15. The molecule has 0 saturated heterocycles. The summed E-state index contributed by atoms with van der Waals surface area (Å²) in [7, 11) is 2.09. The van der Waals surface area contributed by atoms with Crippen molar-refractivity contribution in [2.75, 3.05) is 13.6 Å². The van der Waals surface area contributed by atoms with Crippen LogP contribution in [0, 0.1) is 0 Å². The number of nitrogens with zero attached hydrogens (tertiary/aromatic N) is 1. The van der Waals surface area contributed by atoms with Crippen molar-refractivity contribution < 1.29 is 9.53 Å². The molecule has 3 heteroatoms. The molecule has 92 valence electrons. The van der Waals surface area contributed by atoms with Crippen molar-refractivity contribution >= 4 is 5.97 Å². The van der Waals surface area contributed by atoms with E-state index in [2.05, 4.69) is 18.9 Å². The third-order valence-electron chi connectivity index (χ3n) is 2.84. The van der Waals surface area contributed by atoms with Crippen LogP contribution in [0.3, 0.4) is 0 Å². The van der Waals surface area contributed by atoms with Gasteiger partial charge in [-0.05, 0) is 40.7 Å². The first-order valence-corrected chi connectivity index (χ1v) is 5.96. The number of rotatable bonds is 2. The van der Waals surface area contributed by atoms with Gasteiger partial charge in [0.05, 0.1) is 0 Å². The molecule has 16 heavy (non-hydrogen) atoms. The molecule has 1 rings (SSSR count). The monoisotopic (exact) mass is 225 g/mol. The molecule has 1 atom stereocenters. The molecule has 0 aromatic heterocycles. The molecule has 0 aromatic rings. The average molecular weight is 225 g/mol. The Balaban J connectivity index is 2.64. The minimum absolute atomic E-state index is 0.154. The molecule has 1 heterocycles. The van der Waals surface area contributed by atoms with Crippen molar-refractivity contribution in [2.45, 2.75) is 52.2 Å². The van der Waals surface area contributed by atoms with Gasteiger partial charge in [0.15, 0.2) is 0 Å². The molecule has 1 aliphatic rings. The summed E-state index contributed by atoms with van der Waals surface area (Å²) >= 11 is 0. The summed E-state index contributed by atoms with van der Waals surface area (Å²) in [6, 6.07) is 0.465. The Hall–Kier alpha value is -0.830. The van der Waals surface area contributed by atoms with Crippen LogP contribution < -0.4 is 0 Å². The minimum atomic E-state index is -0.400. The van der Waals surface area contributed by atoms with Gasteiger partial charge < -0.3 is 4.74 Å². The van der Waals surface area contributed by atoms with E-state index in [0.717, 1.165) is 25.0 Å². The predicted octanol–water partition coefficient (Wildman–Crippen LogP) is 2.37. The van der Waals surface area contributed by atoms with Gasteiger partial charge >= 0.3 is 5.97 Å². The lowest BCUT2D eigenvalue weighted by molar-refractivity contribution is -0.150. The molecule has 0 radical (unpaired) electrons. The Kier molecular flexibility index (Phi) is 4.14. The lowest BCUT2D eigenvalue weighted by Crippen LogP contribution is -2.37. The van der Waals surface area contributed by atoms with Gasteiger partial charge in [-0.15, -0.1) is 0 Å². The number of ether oxygens (including phenoxy) is 1. The standard InChI is InChI=1S/C13H23NO2/c1-6-11-9-10(7-8-14(11)5)12(15)16-13(2,3)4/h7,11H,6,8-9H2,1-5H3/t11-/m1/s1. The molecule has 3 nitrogen and oxygen atoms in total. The van der Waals surface area contributed by atoms with E-state index in [4.69, 9.17) is 4.74 Å². The largest absolute Gasteiger partial charge is 0.457 e. The third kappa shape index (κ3) is 3.63. The summed E-state index contributed by atoms with van der Waals surface area (Å²) in [6.07, 6.45) is 3.86. The number of hydrogen-bond acceptors (Lipinski definition) is 3. The second-order valence-electron chi connectivity index (χ2n) is 5.44. The molecule has 1 aliphatic heterocycles. The van der Waals surface area contributed by atoms with E-state index in [1.807, 2.05) is 26.8 Å². The van der Waals surface area contributed by atoms with E-state index in [9.17, 15) is 4.79 Å². The SMILES string of the molecule is CC[C@@H]1CC(C(=O)OC(C)(C)C)=CCN1C. The van der Waals surface area contributed by atoms with Crippen LogP contribution in [0.1, 0.15) is 40.5 Å². The number of carbonyl (C=O) groups excluding carboxylic acids is 1. The van der Waals surface area contributed by atoms with Crippen LogP contribution in [-0.2, 0) is 9.53 Å². The summed E-state index contributed by atoms with van der Waals surface area (Å²) in [5, 5.41) is 0. The normalized spacial score (nSPS) is 22.8. The van der Waals surface area contributed by atoms with E-state index < -0.39 is 5.60 Å². The zero-order chi connectivity index (χ0) is 12.3. The Bertz CT molecular complexity index is 289. The van der Waals surface area contributed by atoms with Crippen LogP contribution in [-0.4, -0.2) is 36.1 Å². The van der Waals surface area contributed by atoms with Gasteiger partial charge in [-0.3, -0.25) is 4.90 Å². The molecule has 0 spiro atoms. The zero-order valence-corrected chi connectivity index (χ0v) is 11.0. The molecule has 0 aliphatic carbocycles. The van der Waals surface area contributed by atoms with Gasteiger partial charge in [0, 0.05) is 18.2 Å². The zero-order valence-electron chi connectivity index (χ0n) is 11.0. The Morgan fingerprint density at radius 1 is 1.56 bits per heavy atom. The van der Waals surface area contributed by atoms with Crippen molar-refractivity contribution in [2.24, 2.45) is 0 Å². The Morgan fingerprint density at radius 3 is 2.69 bits per heavy atom. The van der Waals surface area contributed by atoms with Crippen molar-refractivity contribution in [3.63, 3.8) is 0 Å². The summed E-state index contributed by atoms with van der Waals surface area (Å²) < 4.78 is 5.38. The van der Waals surface area contributed by atoms with Crippen LogP contribution in [0.4, 0.5) is 0 Å². The van der Waals surface area contributed by atoms with E-state index in [-0.39, 0.29) is 5.97 Å². The Labute approximate surface area is 98.5 Å². The van der Waals surface area contributed by atoms with Crippen LogP contribution in [0.25, 0.3) is 0 Å². The summed E-state index contributed by atoms with van der Waals surface area (Å²) in [5.41, 5.74) is 0.433. The molecule has 0 bridgehead atoms. The molecule has 0 N–H and O–H groups in total. The van der Waals surface area contributed by atoms with Crippen molar-refractivity contribution in [3.05, 3.63) is 11.6 Å². The number of hydrogen-bond donors (Lipinski definition) is 0. The number of esters is 1. The van der Waals surface area contributed by atoms with Gasteiger partial charge in [0.1, 0.15) is 5.60 Å². The Morgan fingerprint density at radius 2 is 2.19 bits per heavy atom.